The predicted octanol–water partition coefficient (Wildman–Crippen LogP) is 5.42. The third kappa shape index (κ3) is 4.69. The Hall–Kier alpha value is -1.95. The number of aromatic nitrogens is 1. The highest BCUT2D eigenvalue weighted by molar-refractivity contribution is 7.22. The second kappa shape index (κ2) is 9.46. The van der Waals surface area contributed by atoms with Gasteiger partial charge < -0.3 is 4.90 Å². The number of hydrogen-bond donors (Lipinski definition) is 0. The molecule has 0 atom stereocenters. The number of carbonyl (C=O) groups excluding carboxylic acids is 1. The van der Waals surface area contributed by atoms with Crippen molar-refractivity contribution in [3.63, 3.8) is 0 Å². The zero-order valence-corrected chi connectivity index (χ0v) is 19.8. The maximum Gasteiger partial charge on any atom is 0.260 e. The van der Waals surface area contributed by atoms with Crippen LogP contribution in [-0.2, 0) is 12.8 Å². The standard InChI is InChI=1S/C24H29N3OS.ClH/c1-16-13-21-22(14-17(16)2)29-24(25-21)27(12-11-26(3)4)23(28)20-10-9-18-7-5-6-8-19(18)15-20;/h9-10,13-15H,5-8,11-12H2,1-4H3;1H. The molecule has 1 amide bonds. The molecule has 1 aromatic heterocycles. The lowest BCUT2D eigenvalue weighted by Gasteiger charge is -2.23. The molecule has 0 spiro atoms. The van der Waals surface area contributed by atoms with E-state index >= 15 is 0 Å². The van der Waals surface area contributed by atoms with Gasteiger partial charge in [-0.15, -0.1) is 12.4 Å². The van der Waals surface area contributed by atoms with E-state index < -0.39 is 0 Å². The number of hydrogen-bond acceptors (Lipinski definition) is 4. The molecule has 6 heteroatoms. The van der Waals surface area contributed by atoms with Crippen LogP contribution in [-0.4, -0.2) is 43.0 Å². The number of rotatable bonds is 5. The Morgan fingerprint density at radius 3 is 2.43 bits per heavy atom. The first-order valence-corrected chi connectivity index (χ1v) is 11.2. The van der Waals surface area contributed by atoms with Gasteiger partial charge in [0.1, 0.15) is 0 Å². The van der Waals surface area contributed by atoms with Gasteiger partial charge in [0.15, 0.2) is 5.13 Å². The Bertz CT molecular complexity index is 1020. The second-order valence-electron chi connectivity index (χ2n) is 8.35. The van der Waals surface area contributed by atoms with Crippen LogP contribution in [0.2, 0.25) is 0 Å². The SMILES string of the molecule is Cc1cc2nc(N(CCN(C)C)C(=O)c3ccc4c(c3)CCCC4)sc2cc1C.Cl. The van der Waals surface area contributed by atoms with Crippen LogP contribution in [0.1, 0.15) is 45.5 Å². The number of benzene rings is 2. The van der Waals surface area contributed by atoms with Crippen LogP contribution in [0.25, 0.3) is 10.2 Å². The molecule has 4 rings (SSSR count). The number of carbonyl (C=O) groups is 1. The average Bonchev–Trinajstić information content (AvgIpc) is 3.10. The van der Waals surface area contributed by atoms with Crippen molar-refractivity contribution in [1.82, 2.24) is 9.88 Å². The highest BCUT2D eigenvalue weighted by atomic mass is 35.5. The van der Waals surface area contributed by atoms with E-state index in [2.05, 4.69) is 43.0 Å². The van der Waals surface area contributed by atoms with E-state index in [4.69, 9.17) is 4.98 Å². The summed E-state index contributed by atoms with van der Waals surface area (Å²) in [6.07, 6.45) is 4.67. The molecule has 30 heavy (non-hydrogen) atoms. The molecule has 0 radical (unpaired) electrons. The predicted molar refractivity (Wildman–Crippen MR) is 130 cm³/mol. The van der Waals surface area contributed by atoms with Gasteiger partial charge in [-0.1, -0.05) is 17.4 Å². The average molecular weight is 444 g/mol. The second-order valence-corrected chi connectivity index (χ2v) is 9.36. The molecule has 0 saturated heterocycles. The van der Waals surface area contributed by atoms with Gasteiger partial charge in [-0.05, 0) is 100 Å². The van der Waals surface area contributed by atoms with Crippen LogP contribution >= 0.6 is 23.7 Å². The van der Waals surface area contributed by atoms with Gasteiger partial charge >= 0.3 is 0 Å². The van der Waals surface area contributed by atoms with Crippen LogP contribution in [0.5, 0.6) is 0 Å². The molecule has 1 heterocycles. The van der Waals surface area contributed by atoms with Crippen molar-refractivity contribution in [3.05, 3.63) is 58.1 Å². The van der Waals surface area contributed by atoms with Gasteiger partial charge in [0.05, 0.1) is 10.2 Å². The molecule has 1 aliphatic carbocycles. The van der Waals surface area contributed by atoms with Gasteiger partial charge in [-0.25, -0.2) is 4.98 Å². The maximum absolute atomic E-state index is 13.5. The van der Waals surface area contributed by atoms with E-state index in [0.29, 0.717) is 6.54 Å². The number of halogens is 1. The van der Waals surface area contributed by atoms with Gasteiger partial charge in [0.2, 0.25) is 0 Å². The van der Waals surface area contributed by atoms with E-state index in [9.17, 15) is 4.79 Å². The van der Waals surface area contributed by atoms with Gasteiger partial charge in [0.25, 0.3) is 5.91 Å². The van der Waals surface area contributed by atoms with Crippen molar-refractivity contribution in [3.8, 4) is 0 Å². The van der Waals surface area contributed by atoms with E-state index in [1.54, 1.807) is 11.3 Å². The third-order valence-electron chi connectivity index (χ3n) is 5.83. The van der Waals surface area contributed by atoms with Gasteiger partial charge in [-0.3, -0.25) is 9.69 Å². The summed E-state index contributed by atoms with van der Waals surface area (Å²) in [7, 11) is 4.07. The van der Waals surface area contributed by atoms with Crippen molar-refractivity contribution >= 4 is 45.0 Å². The van der Waals surface area contributed by atoms with Crippen LogP contribution < -0.4 is 4.90 Å². The molecule has 3 aromatic rings. The summed E-state index contributed by atoms with van der Waals surface area (Å²) in [6, 6.07) is 10.6. The lowest BCUT2D eigenvalue weighted by Crippen LogP contribution is -2.36. The molecule has 0 aliphatic heterocycles. The molecule has 4 nitrogen and oxygen atoms in total. The summed E-state index contributed by atoms with van der Waals surface area (Å²) in [5.41, 5.74) is 6.98. The first-order valence-electron chi connectivity index (χ1n) is 10.4. The summed E-state index contributed by atoms with van der Waals surface area (Å²) in [5, 5.41) is 0.787. The fraction of sp³-hybridized carbons (Fsp3) is 0.417. The van der Waals surface area contributed by atoms with Crippen molar-refractivity contribution in [1.29, 1.82) is 0 Å². The van der Waals surface area contributed by atoms with Crippen molar-refractivity contribution in [2.75, 3.05) is 32.1 Å². The fourth-order valence-electron chi connectivity index (χ4n) is 3.89. The van der Waals surface area contributed by atoms with E-state index in [0.717, 1.165) is 40.3 Å². The van der Waals surface area contributed by atoms with E-state index in [-0.39, 0.29) is 18.3 Å². The zero-order valence-electron chi connectivity index (χ0n) is 18.2. The lowest BCUT2D eigenvalue weighted by molar-refractivity contribution is 0.0985. The quantitative estimate of drug-likeness (QED) is 0.528. The molecule has 0 saturated carbocycles. The minimum atomic E-state index is 0. The highest BCUT2D eigenvalue weighted by Crippen LogP contribution is 2.32. The van der Waals surface area contributed by atoms with Crippen LogP contribution in [0.3, 0.4) is 0 Å². The maximum atomic E-state index is 13.5. The van der Waals surface area contributed by atoms with E-state index in [1.807, 2.05) is 25.1 Å². The van der Waals surface area contributed by atoms with Crippen molar-refractivity contribution in [2.45, 2.75) is 39.5 Å². The topological polar surface area (TPSA) is 36.4 Å². The Morgan fingerprint density at radius 2 is 1.70 bits per heavy atom. The number of likely N-dealkylation sites (N-methyl/N-ethyl adjacent to an activating group) is 1. The number of anilines is 1. The number of thiazole rings is 1. The monoisotopic (exact) mass is 443 g/mol. The van der Waals surface area contributed by atoms with Crippen molar-refractivity contribution in [2.24, 2.45) is 0 Å². The molecule has 2 aromatic carbocycles. The molecule has 0 fully saturated rings. The number of amides is 1. The molecule has 0 N–H and O–H groups in total. The largest absolute Gasteiger partial charge is 0.308 e. The summed E-state index contributed by atoms with van der Waals surface area (Å²) in [6.45, 7) is 5.65. The van der Waals surface area contributed by atoms with Gasteiger partial charge in [0, 0.05) is 18.7 Å². The molecule has 160 valence electrons. The highest BCUT2D eigenvalue weighted by Gasteiger charge is 2.23. The molecule has 0 bridgehead atoms. The molecular formula is C24H30ClN3OS. The number of fused-ring (bicyclic) bond motifs is 2. The Morgan fingerprint density at radius 1 is 1.00 bits per heavy atom. The minimum absolute atomic E-state index is 0. The normalized spacial score (nSPS) is 13.2. The summed E-state index contributed by atoms with van der Waals surface area (Å²) >= 11 is 1.61. The van der Waals surface area contributed by atoms with Gasteiger partial charge in [-0.2, -0.15) is 0 Å². The summed E-state index contributed by atoms with van der Waals surface area (Å²) in [5.74, 6) is 0.0488. The Kier molecular flexibility index (Phi) is 7.17. The first kappa shape index (κ1) is 22.7. The summed E-state index contributed by atoms with van der Waals surface area (Å²) in [4.78, 5) is 22.3. The summed E-state index contributed by atoms with van der Waals surface area (Å²) < 4.78 is 1.14. The Balaban J connectivity index is 0.00000256. The lowest BCUT2D eigenvalue weighted by atomic mass is 9.90. The number of aryl methyl sites for hydroxylation is 4. The fourth-order valence-corrected chi connectivity index (χ4v) is 4.96. The Labute approximate surface area is 189 Å². The van der Waals surface area contributed by atoms with Crippen molar-refractivity contribution < 1.29 is 4.79 Å². The molecule has 1 aliphatic rings. The zero-order chi connectivity index (χ0) is 20.5. The first-order chi connectivity index (χ1) is 13.9. The van der Waals surface area contributed by atoms with Crippen LogP contribution in [0.15, 0.2) is 30.3 Å². The molecular weight excluding hydrogens is 414 g/mol. The minimum Gasteiger partial charge on any atom is -0.308 e. The smallest absolute Gasteiger partial charge is 0.260 e. The number of nitrogens with zero attached hydrogens (tertiary/aromatic N) is 3. The van der Waals surface area contributed by atoms with Crippen LogP contribution in [0, 0.1) is 13.8 Å². The third-order valence-corrected chi connectivity index (χ3v) is 6.88. The van der Waals surface area contributed by atoms with E-state index in [1.165, 1.54) is 35.1 Å². The van der Waals surface area contributed by atoms with Crippen LogP contribution in [0.4, 0.5) is 5.13 Å². The molecule has 0 unspecified atom stereocenters.